The molecule has 0 amide bonds. The number of rotatable bonds is 3. The smallest absolute Gasteiger partial charge is 0.379 e. The topological polar surface area (TPSA) is 29.9 Å². The summed E-state index contributed by atoms with van der Waals surface area (Å²) in [4.78, 5) is 0. The summed E-state index contributed by atoms with van der Waals surface area (Å²) in [5, 5.41) is 7.33. The first-order valence-corrected chi connectivity index (χ1v) is 6.36. The Balaban J connectivity index is 2.21. The van der Waals surface area contributed by atoms with E-state index >= 15 is 0 Å². The van der Waals surface area contributed by atoms with Crippen LogP contribution in [0, 0.1) is 12.7 Å². The molecule has 1 aromatic carbocycles. The minimum absolute atomic E-state index is 0.152. The molecule has 0 saturated carbocycles. The van der Waals surface area contributed by atoms with Crippen molar-refractivity contribution in [2.24, 2.45) is 7.05 Å². The molecule has 2 rings (SSSR count). The van der Waals surface area contributed by atoms with E-state index in [0.29, 0.717) is 16.4 Å². The van der Waals surface area contributed by atoms with Gasteiger partial charge in [0.1, 0.15) is 5.82 Å². The molecule has 0 fully saturated rings. The van der Waals surface area contributed by atoms with Crippen molar-refractivity contribution in [3.05, 3.63) is 46.0 Å². The molecular weight excluding hydrogens is 310 g/mol. The van der Waals surface area contributed by atoms with Crippen LogP contribution in [0.5, 0.6) is 0 Å². The Morgan fingerprint density at radius 1 is 1.33 bits per heavy atom. The molecule has 0 radical (unpaired) electrons. The van der Waals surface area contributed by atoms with Crippen molar-refractivity contribution in [3.8, 4) is 0 Å². The Bertz CT molecular complexity index is 664. The molecular formula is C13H12ClF4N3. The van der Waals surface area contributed by atoms with Gasteiger partial charge in [0.15, 0.2) is 0 Å². The lowest BCUT2D eigenvalue weighted by atomic mass is 10.2. The molecule has 2 aromatic rings. The molecule has 1 heterocycles. The van der Waals surface area contributed by atoms with Gasteiger partial charge in [-0.15, -0.1) is 0 Å². The zero-order valence-corrected chi connectivity index (χ0v) is 12.0. The summed E-state index contributed by atoms with van der Waals surface area (Å²) in [6, 6.07) is 2.75. The molecule has 21 heavy (non-hydrogen) atoms. The molecule has 0 aliphatic carbocycles. The fourth-order valence-corrected chi connectivity index (χ4v) is 2.14. The zero-order chi connectivity index (χ0) is 15.8. The van der Waals surface area contributed by atoms with E-state index in [9.17, 15) is 17.6 Å². The van der Waals surface area contributed by atoms with E-state index in [1.165, 1.54) is 6.07 Å². The van der Waals surface area contributed by atoms with Gasteiger partial charge in [-0.25, -0.2) is 4.39 Å². The Morgan fingerprint density at radius 3 is 2.52 bits per heavy atom. The number of anilines is 1. The molecule has 3 nitrogen and oxygen atoms in total. The van der Waals surface area contributed by atoms with Crippen LogP contribution in [0.2, 0.25) is 5.02 Å². The van der Waals surface area contributed by atoms with Crippen LogP contribution in [0.4, 0.5) is 23.2 Å². The van der Waals surface area contributed by atoms with Gasteiger partial charge in [0, 0.05) is 12.7 Å². The Hall–Kier alpha value is -1.76. The maximum Gasteiger partial charge on any atom is 0.419 e. The van der Waals surface area contributed by atoms with E-state index in [1.807, 2.05) is 0 Å². The summed E-state index contributed by atoms with van der Waals surface area (Å²) in [5.74, 6) is -1.30. The number of halogens is 5. The number of nitrogens with one attached hydrogen (secondary N) is 1. The summed E-state index contributed by atoms with van der Waals surface area (Å²) in [7, 11) is 1.68. The zero-order valence-electron chi connectivity index (χ0n) is 11.2. The Morgan fingerprint density at radius 2 is 2.00 bits per heavy atom. The lowest BCUT2D eigenvalue weighted by Gasteiger charge is -2.12. The molecule has 0 saturated heterocycles. The standard InChI is InChI=1S/C13H12ClF4N3/c1-7-12(14)11(21(2)20-7)6-19-8-3-4-10(15)9(5-8)13(16,17)18/h3-5,19H,6H2,1-2H3. The highest BCUT2D eigenvalue weighted by Gasteiger charge is 2.34. The van der Waals surface area contributed by atoms with Crippen LogP contribution in [0.15, 0.2) is 18.2 Å². The maximum atomic E-state index is 13.2. The molecule has 1 aromatic heterocycles. The quantitative estimate of drug-likeness (QED) is 0.861. The van der Waals surface area contributed by atoms with Gasteiger partial charge in [0.25, 0.3) is 0 Å². The average molecular weight is 322 g/mol. The molecule has 8 heteroatoms. The van der Waals surface area contributed by atoms with Crippen LogP contribution >= 0.6 is 11.6 Å². The van der Waals surface area contributed by atoms with E-state index in [4.69, 9.17) is 11.6 Å². The van der Waals surface area contributed by atoms with Crippen LogP contribution < -0.4 is 5.32 Å². The van der Waals surface area contributed by atoms with Crippen molar-refractivity contribution in [1.29, 1.82) is 0 Å². The molecule has 0 aliphatic heterocycles. The van der Waals surface area contributed by atoms with Gasteiger partial charge in [0.05, 0.1) is 28.5 Å². The van der Waals surface area contributed by atoms with Crippen molar-refractivity contribution in [1.82, 2.24) is 9.78 Å². The fraction of sp³-hybridized carbons (Fsp3) is 0.308. The second-order valence-corrected chi connectivity index (χ2v) is 4.89. The predicted octanol–water partition coefficient (Wildman–Crippen LogP) is 4.15. The van der Waals surface area contributed by atoms with Crippen molar-refractivity contribution in [3.63, 3.8) is 0 Å². The first-order valence-electron chi connectivity index (χ1n) is 5.98. The summed E-state index contributed by atoms with van der Waals surface area (Å²) in [6.45, 7) is 1.91. The van der Waals surface area contributed by atoms with E-state index in [2.05, 4.69) is 10.4 Å². The molecule has 0 atom stereocenters. The monoisotopic (exact) mass is 321 g/mol. The van der Waals surface area contributed by atoms with Crippen molar-refractivity contribution in [2.45, 2.75) is 19.6 Å². The number of aromatic nitrogens is 2. The molecule has 0 unspecified atom stereocenters. The summed E-state index contributed by atoms with van der Waals surface area (Å²) in [5.41, 5.74) is 0.108. The normalized spacial score (nSPS) is 11.8. The van der Waals surface area contributed by atoms with E-state index in [1.54, 1.807) is 18.7 Å². The predicted molar refractivity (Wildman–Crippen MR) is 71.7 cm³/mol. The van der Waals surface area contributed by atoms with Gasteiger partial charge in [0.2, 0.25) is 0 Å². The van der Waals surface area contributed by atoms with Gasteiger partial charge >= 0.3 is 6.18 Å². The van der Waals surface area contributed by atoms with E-state index in [-0.39, 0.29) is 12.2 Å². The second-order valence-electron chi connectivity index (χ2n) is 4.52. The van der Waals surface area contributed by atoms with Gasteiger partial charge in [-0.3, -0.25) is 4.68 Å². The number of aryl methyl sites for hydroxylation is 2. The highest BCUT2D eigenvalue weighted by molar-refractivity contribution is 6.31. The van der Waals surface area contributed by atoms with Crippen molar-refractivity contribution < 1.29 is 17.6 Å². The van der Waals surface area contributed by atoms with Gasteiger partial charge in [-0.05, 0) is 25.1 Å². The molecule has 0 spiro atoms. The van der Waals surface area contributed by atoms with Crippen LogP contribution in [0.25, 0.3) is 0 Å². The minimum atomic E-state index is -4.73. The molecule has 0 aliphatic rings. The average Bonchev–Trinajstić information content (AvgIpc) is 2.61. The highest BCUT2D eigenvalue weighted by Crippen LogP contribution is 2.33. The third-order valence-electron chi connectivity index (χ3n) is 2.99. The van der Waals surface area contributed by atoms with Crippen molar-refractivity contribution >= 4 is 17.3 Å². The minimum Gasteiger partial charge on any atom is -0.379 e. The lowest BCUT2D eigenvalue weighted by Crippen LogP contribution is -2.10. The van der Waals surface area contributed by atoms with Gasteiger partial charge in [-0.2, -0.15) is 18.3 Å². The first-order chi connectivity index (χ1) is 9.70. The van der Waals surface area contributed by atoms with Crippen LogP contribution in [0.3, 0.4) is 0 Å². The van der Waals surface area contributed by atoms with E-state index in [0.717, 1.165) is 12.1 Å². The number of nitrogens with zero attached hydrogens (tertiary/aromatic N) is 2. The third-order valence-corrected chi connectivity index (χ3v) is 3.49. The number of hydrogen-bond donors (Lipinski definition) is 1. The summed E-state index contributed by atoms with van der Waals surface area (Å²) in [6.07, 6.45) is -4.73. The van der Waals surface area contributed by atoms with Gasteiger partial charge < -0.3 is 5.32 Å². The van der Waals surface area contributed by atoms with Crippen LogP contribution in [0.1, 0.15) is 17.0 Å². The van der Waals surface area contributed by atoms with Crippen LogP contribution in [-0.2, 0) is 19.8 Å². The Labute approximate surface area is 123 Å². The largest absolute Gasteiger partial charge is 0.419 e. The molecule has 0 bridgehead atoms. The number of alkyl halides is 3. The molecule has 1 N–H and O–H groups in total. The third kappa shape index (κ3) is 3.29. The van der Waals surface area contributed by atoms with Gasteiger partial charge in [-0.1, -0.05) is 11.6 Å². The fourth-order valence-electron chi connectivity index (χ4n) is 1.91. The second kappa shape index (κ2) is 5.55. The summed E-state index contributed by atoms with van der Waals surface area (Å²) >= 11 is 6.05. The highest BCUT2D eigenvalue weighted by atomic mass is 35.5. The Kier molecular flexibility index (Phi) is 4.13. The van der Waals surface area contributed by atoms with Crippen LogP contribution in [-0.4, -0.2) is 9.78 Å². The maximum absolute atomic E-state index is 13.2. The van der Waals surface area contributed by atoms with E-state index < -0.39 is 17.6 Å². The molecule has 114 valence electrons. The summed E-state index contributed by atoms with van der Waals surface area (Å²) < 4.78 is 52.6. The first kappa shape index (κ1) is 15.6. The van der Waals surface area contributed by atoms with Crippen molar-refractivity contribution in [2.75, 3.05) is 5.32 Å². The SMILES string of the molecule is Cc1nn(C)c(CNc2ccc(F)c(C(F)(F)F)c2)c1Cl. The lowest BCUT2D eigenvalue weighted by molar-refractivity contribution is -0.139. The number of hydrogen-bond acceptors (Lipinski definition) is 2. The number of benzene rings is 1.